The first-order valence-corrected chi connectivity index (χ1v) is 7.22. The third-order valence-corrected chi connectivity index (χ3v) is 4.34. The van der Waals surface area contributed by atoms with E-state index < -0.39 is 10.5 Å². The van der Waals surface area contributed by atoms with Crippen LogP contribution >= 0.6 is 0 Å². The Bertz CT molecular complexity index is 510. The average molecular weight is 294 g/mol. The lowest BCUT2D eigenvalue weighted by Gasteiger charge is -2.39. The number of nitro groups is 1. The monoisotopic (exact) mass is 294 g/mol. The number of nitrogens with one attached hydrogen (secondary N) is 1. The van der Waals surface area contributed by atoms with Crippen LogP contribution < -0.4 is 10.1 Å². The van der Waals surface area contributed by atoms with E-state index in [1.807, 2.05) is 0 Å². The summed E-state index contributed by atoms with van der Waals surface area (Å²) in [5.41, 5.74) is -0.154. The number of anilines is 1. The summed E-state index contributed by atoms with van der Waals surface area (Å²) in [7, 11) is 1.41. The van der Waals surface area contributed by atoms with E-state index in [9.17, 15) is 15.2 Å². The topological polar surface area (TPSA) is 84.6 Å². The summed E-state index contributed by atoms with van der Waals surface area (Å²) < 4.78 is 5.08. The zero-order chi connectivity index (χ0) is 15.5. The molecule has 0 saturated heterocycles. The van der Waals surface area contributed by atoms with Crippen molar-refractivity contribution in [1.29, 1.82) is 0 Å². The summed E-state index contributed by atoms with van der Waals surface area (Å²) in [4.78, 5) is 10.9. The second-order valence-corrected chi connectivity index (χ2v) is 5.86. The molecular weight excluding hydrogens is 272 g/mol. The molecule has 0 bridgehead atoms. The van der Waals surface area contributed by atoms with Gasteiger partial charge in [0.15, 0.2) is 5.75 Å². The number of hydrogen-bond acceptors (Lipinski definition) is 5. The SMILES string of the molecule is COc1cccc(NC2(CO)CCC(C)CC2)c1[N+](=O)[O-]. The maximum absolute atomic E-state index is 11.3. The minimum atomic E-state index is -0.483. The van der Waals surface area contributed by atoms with Crippen LogP contribution in [0.5, 0.6) is 5.75 Å². The van der Waals surface area contributed by atoms with Crippen molar-refractivity contribution in [2.45, 2.75) is 38.1 Å². The quantitative estimate of drug-likeness (QED) is 0.644. The molecule has 0 radical (unpaired) electrons. The molecule has 1 aromatic rings. The number of nitro benzene ring substituents is 1. The van der Waals surface area contributed by atoms with Gasteiger partial charge in [0.1, 0.15) is 5.69 Å². The Kier molecular flexibility index (Phi) is 4.67. The smallest absolute Gasteiger partial charge is 0.333 e. The highest BCUT2D eigenvalue weighted by Gasteiger charge is 2.35. The molecule has 0 heterocycles. The van der Waals surface area contributed by atoms with Crippen LogP contribution in [0, 0.1) is 16.0 Å². The van der Waals surface area contributed by atoms with E-state index in [1.54, 1.807) is 18.2 Å². The van der Waals surface area contributed by atoms with Gasteiger partial charge in [-0.05, 0) is 43.7 Å². The highest BCUT2D eigenvalue weighted by atomic mass is 16.6. The third-order valence-electron chi connectivity index (χ3n) is 4.34. The maximum atomic E-state index is 11.3. The molecule has 2 N–H and O–H groups in total. The van der Waals surface area contributed by atoms with Crippen molar-refractivity contribution < 1.29 is 14.8 Å². The molecule has 0 spiro atoms. The third kappa shape index (κ3) is 3.26. The normalized spacial score (nSPS) is 25.4. The average Bonchev–Trinajstić information content (AvgIpc) is 2.49. The van der Waals surface area contributed by atoms with Gasteiger partial charge in [0.05, 0.1) is 24.2 Å². The van der Waals surface area contributed by atoms with Crippen LogP contribution in [-0.2, 0) is 0 Å². The van der Waals surface area contributed by atoms with Gasteiger partial charge in [-0.3, -0.25) is 10.1 Å². The standard InChI is InChI=1S/C15H22N2O4/c1-11-6-8-15(10-18,9-7-11)16-12-4-3-5-13(21-2)14(12)17(19)20/h3-5,11,16,18H,6-10H2,1-2H3. The minimum absolute atomic E-state index is 0.0336. The molecule has 1 saturated carbocycles. The van der Waals surface area contributed by atoms with Gasteiger partial charge in [0.25, 0.3) is 0 Å². The van der Waals surface area contributed by atoms with Gasteiger partial charge in [-0.25, -0.2) is 0 Å². The first-order valence-electron chi connectivity index (χ1n) is 7.22. The van der Waals surface area contributed by atoms with Gasteiger partial charge in [0.2, 0.25) is 0 Å². The second kappa shape index (κ2) is 6.30. The Hall–Kier alpha value is -1.82. The number of methoxy groups -OCH3 is 1. The van der Waals surface area contributed by atoms with Gasteiger partial charge in [-0.15, -0.1) is 0 Å². The first-order chi connectivity index (χ1) is 10.0. The van der Waals surface area contributed by atoms with Gasteiger partial charge < -0.3 is 15.2 Å². The van der Waals surface area contributed by atoms with E-state index in [0.717, 1.165) is 25.7 Å². The van der Waals surface area contributed by atoms with E-state index in [-0.39, 0.29) is 18.0 Å². The molecule has 116 valence electrons. The van der Waals surface area contributed by atoms with E-state index in [2.05, 4.69) is 12.2 Å². The highest BCUT2D eigenvalue weighted by molar-refractivity contribution is 5.69. The summed E-state index contributed by atoms with van der Waals surface area (Å²) in [5.74, 6) is 0.856. The number of nitrogens with zero attached hydrogens (tertiary/aromatic N) is 1. The second-order valence-electron chi connectivity index (χ2n) is 5.86. The van der Waals surface area contributed by atoms with Crippen molar-refractivity contribution in [1.82, 2.24) is 0 Å². The van der Waals surface area contributed by atoms with Crippen LogP contribution in [-0.4, -0.2) is 29.3 Å². The highest BCUT2D eigenvalue weighted by Crippen LogP contribution is 2.40. The number of hydrogen-bond donors (Lipinski definition) is 2. The van der Waals surface area contributed by atoms with Gasteiger partial charge in [0, 0.05) is 0 Å². The van der Waals surface area contributed by atoms with Crippen LogP contribution in [0.15, 0.2) is 18.2 Å². The lowest BCUT2D eigenvalue weighted by molar-refractivity contribution is -0.384. The zero-order valence-corrected chi connectivity index (χ0v) is 12.5. The summed E-state index contributed by atoms with van der Waals surface area (Å²) >= 11 is 0. The molecule has 0 aromatic heterocycles. The van der Waals surface area contributed by atoms with E-state index >= 15 is 0 Å². The molecule has 1 fully saturated rings. The predicted octanol–water partition coefficient (Wildman–Crippen LogP) is 2.96. The summed E-state index contributed by atoms with van der Waals surface area (Å²) in [6, 6.07) is 4.94. The van der Waals surface area contributed by atoms with Crippen LogP contribution in [0.3, 0.4) is 0 Å². The summed E-state index contributed by atoms with van der Waals surface area (Å²) in [6.07, 6.45) is 3.62. The number of aliphatic hydroxyl groups is 1. The number of rotatable bonds is 5. The molecule has 2 rings (SSSR count). The fourth-order valence-electron chi connectivity index (χ4n) is 2.90. The first kappa shape index (κ1) is 15.6. The largest absolute Gasteiger partial charge is 0.490 e. The van der Waals surface area contributed by atoms with Crippen LogP contribution in [0.2, 0.25) is 0 Å². The summed E-state index contributed by atoms with van der Waals surface area (Å²) in [5, 5.41) is 24.3. The molecule has 1 aromatic carbocycles. The maximum Gasteiger partial charge on any atom is 0.333 e. The Labute approximate surface area is 124 Å². The van der Waals surface area contributed by atoms with Gasteiger partial charge in [-0.2, -0.15) is 0 Å². The fourth-order valence-corrected chi connectivity index (χ4v) is 2.90. The number of ether oxygens (including phenoxy) is 1. The van der Waals surface area contributed by atoms with Crippen molar-refractivity contribution in [3.8, 4) is 5.75 Å². The Morgan fingerprint density at radius 1 is 1.48 bits per heavy atom. The molecule has 0 unspecified atom stereocenters. The minimum Gasteiger partial charge on any atom is -0.490 e. The fraction of sp³-hybridized carbons (Fsp3) is 0.600. The number of benzene rings is 1. The predicted molar refractivity (Wildman–Crippen MR) is 80.7 cm³/mol. The van der Waals surface area contributed by atoms with Crippen LogP contribution in [0.4, 0.5) is 11.4 Å². The van der Waals surface area contributed by atoms with E-state index in [0.29, 0.717) is 11.6 Å². The van der Waals surface area contributed by atoms with Crippen molar-refractivity contribution in [3.63, 3.8) is 0 Å². The van der Waals surface area contributed by atoms with Crippen molar-refractivity contribution in [2.24, 2.45) is 5.92 Å². The number of aliphatic hydroxyl groups excluding tert-OH is 1. The van der Waals surface area contributed by atoms with Crippen molar-refractivity contribution in [3.05, 3.63) is 28.3 Å². The van der Waals surface area contributed by atoms with Gasteiger partial charge >= 0.3 is 5.69 Å². The lowest BCUT2D eigenvalue weighted by Crippen LogP contribution is -2.45. The molecule has 6 nitrogen and oxygen atoms in total. The molecule has 0 amide bonds. The Morgan fingerprint density at radius 3 is 2.67 bits per heavy atom. The van der Waals surface area contributed by atoms with Crippen molar-refractivity contribution in [2.75, 3.05) is 19.0 Å². The van der Waals surface area contributed by atoms with Gasteiger partial charge in [-0.1, -0.05) is 13.0 Å². The van der Waals surface area contributed by atoms with Crippen LogP contribution in [0.25, 0.3) is 0 Å². The Balaban J connectivity index is 2.31. The lowest BCUT2D eigenvalue weighted by atomic mass is 9.77. The molecule has 0 aliphatic heterocycles. The summed E-state index contributed by atoms with van der Waals surface area (Å²) in [6.45, 7) is 2.16. The van der Waals surface area contributed by atoms with E-state index in [1.165, 1.54) is 7.11 Å². The molecule has 1 aliphatic carbocycles. The Morgan fingerprint density at radius 2 is 2.14 bits per heavy atom. The molecule has 1 aliphatic rings. The number of para-hydroxylation sites is 1. The van der Waals surface area contributed by atoms with Crippen molar-refractivity contribution >= 4 is 11.4 Å². The van der Waals surface area contributed by atoms with Crippen LogP contribution in [0.1, 0.15) is 32.6 Å². The molecular formula is C15H22N2O4. The molecule has 21 heavy (non-hydrogen) atoms. The molecule has 6 heteroatoms. The zero-order valence-electron chi connectivity index (χ0n) is 12.5. The van der Waals surface area contributed by atoms with E-state index in [4.69, 9.17) is 4.74 Å². The molecule has 0 atom stereocenters.